The molecule has 1 N–H and O–H groups in total. The van der Waals surface area contributed by atoms with Crippen LogP contribution in [0.1, 0.15) is 80.6 Å². The van der Waals surface area contributed by atoms with Crippen LogP contribution in [0.25, 0.3) is 0 Å². The molecule has 0 heterocycles. The number of hydrogen-bond acceptors (Lipinski definition) is 2. The van der Waals surface area contributed by atoms with Gasteiger partial charge in [-0.2, -0.15) is 0 Å². The van der Waals surface area contributed by atoms with E-state index in [4.69, 9.17) is 0 Å². The zero-order chi connectivity index (χ0) is 24.2. The summed E-state index contributed by atoms with van der Waals surface area (Å²) in [6.07, 6.45) is 1.07. The molecule has 0 atom stereocenters. The third-order valence-electron chi connectivity index (χ3n) is 5.88. The predicted molar refractivity (Wildman–Crippen MR) is 137 cm³/mol. The minimum Gasteiger partial charge on any atom is -0.326 e. The minimum absolute atomic E-state index is 0.0421. The van der Waals surface area contributed by atoms with Crippen LogP contribution in [0.4, 0.5) is 5.69 Å². The Bertz CT molecular complexity index is 1110. The SMILES string of the molecule is CC(C)(C)c1ccc(CCC(=O)Nc2cccc(C(=O)c3ccc(C(C)(C)C)cc3)c2)cc1. The molecule has 0 radical (unpaired) electrons. The number of ketones is 1. The van der Waals surface area contributed by atoms with E-state index in [2.05, 4.69) is 71.1 Å². The molecule has 0 saturated heterocycles. The lowest BCUT2D eigenvalue weighted by molar-refractivity contribution is -0.116. The Morgan fingerprint density at radius 3 is 1.79 bits per heavy atom. The van der Waals surface area contributed by atoms with Crippen LogP contribution in [0.5, 0.6) is 0 Å². The van der Waals surface area contributed by atoms with Crippen LogP contribution in [0.2, 0.25) is 0 Å². The van der Waals surface area contributed by atoms with Crippen LogP contribution in [-0.2, 0) is 22.0 Å². The van der Waals surface area contributed by atoms with Gasteiger partial charge in [0.2, 0.25) is 5.91 Å². The highest BCUT2D eigenvalue weighted by Crippen LogP contribution is 2.24. The normalized spacial score (nSPS) is 11.8. The lowest BCUT2D eigenvalue weighted by Crippen LogP contribution is -2.14. The summed E-state index contributed by atoms with van der Waals surface area (Å²) < 4.78 is 0. The summed E-state index contributed by atoms with van der Waals surface area (Å²) >= 11 is 0. The van der Waals surface area contributed by atoms with E-state index in [0.717, 1.165) is 5.56 Å². The van der Waals surface area contributed by atoms with Gasteiger partial charge in [0.1, 0.15) is 0 Å². The monoisotopic (exact) mass is 441 g/mol. The van der Waals surface area contributed by atoms with E-state index < -0.39 is 0 Å². The van der Waals surface area contributed by atoms with Crippen molar-refractivity contribution in [2.75, 3.05) is 5.32 Å². The van der Waals surface area contributed by atoms with Crippen LogP contribution in [0.15, 0.2) is 72.8 Å². The molecule has 172 valence electrons. The maximum atomic E-state index is 12.9. The van der Waals surface area contributed by atoms with Gasteiger partial charge in [-0.3, -0.25) is 9.59 Å². The third-order valence-corrected chi connectivity index (χ3v) is 5.88. The lowest BCUT2D eigenvalue weighted by Gasteiger charge is -2.19. The third kappa shape index (κ3) is 6.64. The highest BCUT2D eigenvalue weighted by molar-refractivity contribution is 6.09. The average molecular weight is 442 g/mol. The van der Waals surface area contributed by atoms with Crippen molar-refractivity contribution in [1.82, 2.24) is 0 Å². The van der Waals surface area contributed by atoms with E-state index in [1.165, 1.54) is 11.1 Å². The summed E-state index contributed by atoms with van der Waals surface area (Å²) in [6.45, 7) is 13.0. The standard InChI is InChI=1S/C30H35NO2/c1-29(2,3)24-15-10-21(11-16-24)12-19-27(32)31-26-9-7-8-23(20-26)28(33)22-13-17-25(18-14-22)30(4,5)6/h7-11,13-18,20H,12,19H2,1-6H3,(H,31,32). The summed E-state index contributed by atoms with van der Waals surface area (Å²) in [6, 6.07) is 23.4. The zero-order valence-corrected chi connectivity index (χ0v) is 20.7. The van der Waals surface area contributed by atoms with Crippen LogP contribution in [-0.4, -0.2) is 11.7 Å². The Kier molecular flexibility index (Phi) is 7.22. The van der Waals surface area contributed by atoms with Gasteiger partial charge >= 0.3 is 0 Å². The van der Waals surface area contributed by atoms with Crippen molar-refractivity contribution in [3.63, 3.8) is 0 Å². The van der Waals surface area contributed by atoms with Crippen molar-refractivity contribution in [3.05, 3.63) is 101 Å². The van der Waals surface area contributed by atoms with E-state index in [9.17, 15) is 9.59 Å². The first-order valence-corrected chi connectivity index (χ1v) is 11.6. The van der Waals surface area contributed by atoms with Crippen molar-refractivity contribution in [2.24, 2.45) is 0 Å². The number of benzene rings is 3. The summed E-state index contributed by atoms with van der Waals surface area (Å²) in [7, 11) is 0. The van der Waals surface area contributed by atoms with Crippen LogP contribution in [0, 0.1) is 0 Å². The largest absolute Gasteiger partial charge is 0.326 e. The van der Waals surface area contributed by atoms with Crippen molar-refractivity contribution >= 4 is 17.4 Å². The molecule has 0 fully saturated rings. The van der Waals surface area contributed by atoms with Crippen LogP contribution < -0.4 is 5.32 Å². The van der Waals surface area contributed by atoms with Crippen molar-refractivity contribution in [1.29, 1.82) is 0 Å². The number of aryl methyl sites for hydroxylation is 1. The smallest absolute Gasteiger partial charge is 0.224 e. The first kappa shape index (κ1) is 24.4. The van der Waals surface area contributed by atoms with Crippen LogP contribution >= 0.6 is 0 Å². The molecular weight excluding hydrogens is 406 g/mol. The number of hydrogen-bond donors (Lipinski definition) is 1. The molecule has 3 heteroatoms. The van der Waals surface area contributed by atoms with E-state index >= 15 is 0 Å². The van der Waals surface area contributed by atoms with Gasteiger partial charge in [0.15, 0.2) is 5.78 Å². The summed E-state index contributed by atoms with van der Waals surface area (Å²) in [5.74, 6) is -0.112. The van der Waals surface area contributed by atoms with Gasteiger partial charge in [0.05, 0.1) is 0 Å². The zero-order valence-electron chi connectivity index (χ0n) is 20.7. The molecule has 0 aliphatic rings. The Morgan fingerprint density at radius 1 is 0.697 bits per heavy atom. The van der Waals surface area contributed by atoms with Crippen LogP contribution in [0.3, 0.4) is 0 Å². The Hall–Kier alpha value is -3.20. The van der Waals surface area contributed by atoms with Gasteiger partial charge in [0.25, 0.3) is 0 Å². The van der Waals surface area contributed by atoms with Gasteiger partial charge in [0, 0.05) is 23.2 Å². The highest BCUT2D eigenvalue weighted by atomic mass is 16.1. The average Bonchev–Trinajstić information content (AvgIpc) is 2.76. The Balaban J connectivity index is 1.61. The molecule has 3 aromatic carbocycles. The Labute approximate surface area is 198 Å². The van der Waals surface area contributed by atoms with Crippen molar-refractivity contribution < 1.29 is 9.59 Å². The van der Waals surface area contributed by atoms with Gasteiger partial charge in [-0.15, -0.1) is 0 Å². The molecule has 3 nitrogen and oxygen atoms in total. The molecule has 0 saturated carbocycles. The summed E-state index contributed by atoms with van der Waals surface area (Å²) in [5, 5.41) is 2.93. The maximum absolute atomic E-state index is 12.9. The van der Waals surface area contributed by atoms with Crippen molar-refractivity contribution in [3.8, 4) is 0 Å². The molecule has 0 bridgehead atoms. The fraction of sp³-hybridized carbons (Fsp3) is 0.333. The molecule has 33 heavy (non-hydrogen) atoms. The van der Waals surface area contributed by atoms with Gasteiger partial charge in [-0.05, 0) is 46.1 Å². The molecule has 1 amide bonds. The quantitative estimate of drug-likeness (QED) is 0.415. The molecule has 0 aromatic heterocycles. The highest BCUT2D eigenvalue weighted by Gasteiger charge is 2.16. The number of carbonyl (C=O) groups excluding carboxylic acids is 2. The molecular formula is C30H35NO2. The number of anilines is 1. The second-order valence-corrected chi connectivity index (χ2v) is 10.7. The topological polar surface area (TPSA) is 46.2 Å². The molecule has 3 aromatic rings. The molecule has 0 aliphatic carbocycles. The molecule has 0 spiro atoms. The summed E-state index contributed by atoms with van der Waals surface area (Å²) in [5.41, 5.74) is 5.62. The number of rotatable bonds is 6. The molecule has 0 aliphatic heterocycles. The number of amides is 1. The molecule has 0 unspecified atom stereocenters. The van der Waals surface area contributed by atoms with Gasteiger partial charge < -0.3 is 5.32 Å². The van der Waals surface area contributed by atoms with E-state index in [1.807, 2.05) is 30.3 Å². The van der Waals surface area contributed by atoms with E-state index in [1.54, 1.807) is 18.2 Å². The fourth-order valence-corrected chi connectivity index (χ4v) is 3.68. The van der Waals surface area contributed by atoms with E-state index in [-0.39, 0.29) is 22.5 Å². The molecule has 3 rings (SSSR count). The van der Waals surface area contributed by atoms with E-state index in [0.29, 0.717) is 29.7 Å². The summed E-state index contributed by atoms with van der Waals surface area (Å²) in [4.78, 5) is 25.4. The van der Waals surface area contributed by atoms with Crippen molar-refractivity contribution in [2.45, 2.75) is 65.2 Å². The predicted octanol–water partition coefficient (Wildman–Crippen LogP) is 7.08. The number of carbonyl (C=O) groups is 2. The maximum Gasteiger partial charge on any atom is 0.224 e. The van der Waals surface area contributed by atoms with Gasteiger partial charge in [-0.1, -0.05) is 102 Å². The van der Waals surface area contributed by atoms with Gasteiger partial charge in [-0.25, -0.2) is 0 Å². The first-order valence-electron chi connectivity index (χ1n) is 11.6. The fourth-order valence-electron chi connectivity index (χ4n) is 3.68. The first-order chi connectivity index (χ1) is 15.4. The Morgan fingerprint density at radius 2 is 1.24 bits per heavy atom. The minimum atomic E-state index is -0.0611. The lowest BCUT2D eigenvalue weighted by atomic mass is 9.86. The second-order valence-electron chi connectivity index (χ2n) is 10.7. The second kappa shape index (κ2) is 9.74. The number of nitrogens with one attached hydrogen (secondary N) is 1.